The number of aliphatic carboxylic acids is 1. The lowest BCUT2D eigenvalue weighted by molar-refractivity contribution is -0.136. The first-order chi connectivity index (χ1) is 9.67. The minimum Gasteiger partial charge on any atom is -0.481 e. The van der Waals surface area contributed by atoms with Gasteiger partial charge in [-0.25, -0.2) is 0 Å². The van der Waals surface area contributed by atoms with Crippen LogP contribution in [0.5, 0.6) is 11.5 Å². The van der Waals surface area contributed by atoms with E-state index >= 15 is 0 Å². The SMILES string of the molecule is CCc1ccc(Oc2ccc(CCC(=O)O)cc2)cc1. The molecule has 1 N–H and O–H groups in total. The minimum absolute atomic E-state index is 0.151. The summed E-state index contributed by atoms with van der Waals surface area (Å²) in [7, 11) is 0. The third-order valence-electron chi connectivity index (χ3n) is 3.12. The molecule has 0 aliphatic rings. The van der Waals surface area contributed by atoms with Gasteiger partial charge in [-0.1, -0.05) is 31.2 Å². The van der Waals surface area contributed by atoms with Gasteiger partial charge in [-0.15, -0.1) is 0 Å². The van der Waals surface area contributed by atoms with E-state index in [1.54, 1.807) is 0 Å². The van der Waals surface area contributed by atoms with Crippen molar-refractivity contribution in [2.45, 2.75) is 26.2 Å². The standard InChI is InChI=1S/C17H18O3/c1-2-13-3-8-15(9-4-13)20-16-10-5-14(6-11-16)7-12-17(18)19/h3-6,8-11H,2,7,12H2,1H3,(H,18,19). The van der Waals surface area contributed by atoms with Gasteiger partial charge in [0.05, 0.1) is 0 Å². The molecule has 0 fully saturated rings. The normalized spacial score (nSPS) is 10.2. The number of benzene rings is 2. The largest absolute Gasteiger partial charge is 0.481 e. The average Bonchev–Trinajstić information content (AvgIpc) is 2.47. The second-order valence-electron chi connectivity index (χ2n) is 4.64. The summed E-state index contributed by atoms with van der Waals surface area (Å²) in [6, 6.07) is 15.6. The fourth-order valence-electron chi connectivity index (χ4n) is 1.90. The molecule has 0 heterocycles. The van der Waals surface area contributed by atoms with Crippen LogP contribution in [-0.2, 0) is 17.6 Å². The van der Waals surface area contributed by atoms with Crippen molar-refractivity contribution < 1.29 is 14.6 Å². The molecule has 0 amide bonds. The number of ether oxygens (including phenoxy) is 1. The van der Waals surface area contributed by atoms with E-state index in [4.69, 9.17) is 9.84 Å². The summed E-state index contributed by atoms with van der Waals surface area (Å²) in [6.45, 7) is 2.12. The van der Waals surface area contributed by atoms with Crippen LogP contribution in [0.4, 0.5) is 0 Å². The molecule has 0 aliphatic carbocycles. The quantitative estimate of drug-likeness (QED) is 0.861. The van der Waals surface area contributed by atoms with Crippen LogP contribution in [0.3, 0.4) is 0 Å². The Bertz CT molecular complexity index is 556. The lowest BCUT2D eigenvalue weighted by atomic mass is 10.1. The van der Waals surface area contributed by atoms with E-state index in [9.17, 15) is 4.79 Å². The second kappa shape index (κ2) is 6.75. The molecule has 2 aromatic carbocycles. The van der Waals surface area contributed by atoms with Crippen molar-refractivity contribution in [2.75, 3.05) is 0 Å². The monoisotopic (exact) mass is 270 g/mol. The summed E-state index contributed by atoms with van der Waals surface area (Å²) in [4.78, 5) is 10.5. The summed E-state index contributed by atoms with van der Waals surface area (Å²) < 4.78 is 5.74. The molecule has 0 saturated carbocycles. The number of carboxylic acids is 1. The summed E-state index contributed by atoms with van der Waals surface area (Å²) in [5.41, 5.74) is 2.28. The van der Waals surface area contributed by atoms with E-state index in [1.807, 2.05) is 36.4 Å². The van der Waals surface area contributed by atoms with Gasteiger partial charge in [0, 0.05) is 6.42 Å². The van der Waals surface area contributed by atoms with Gasteiger partial charge in [-0.2, -0.15) is 0 Å². The molecule has 2 aromatic rings. The molecule has 20 heavy (non-hydrogen) atoms. The maximum Gasteiger partial charge on any atom is 0.303 e. The Hall–Kier alpha value is -2.29. The lowest BCUT2D eigenvalue weighted by Crippen LogP contribution is -1.97. The second-order valence-corrected chi connectivity index (χ2v) is 4.64. The Kier molecular flexibility index (Phi) is 4.77. The van der Waals surface area contributed by atoms with Crippen molar-refractivity contribution in [2.24, 2.45) is 0 Å². The van der Waals surface area contributed by atoms with Crippen molar-refractivity contribution >= 4 is 5.97 Å². The van der Waals surface area contributed by atoms with Crippen molar-refractivity contribution in [3.05, 3.63) is 59.7 Å². The molecular weight excluding hydrogens is 252 g/mol. The van der Waals surface area contributed by atoms with Gasteiger partial charge in [0.2, 0.25) is 0 Å². The molecule has 0 aliphatic heterocycles. The molecule has 0 radical (unpaired) electrons. The molecule has 0 spiro atoms. The zero-order chi connectivity index (χ0) is 14.4. The van der Waals surface area contributed by atoms with Crippen LogP contribution in [0.15, 0.2) is 48.5 Å². The third kappa shape index (κ3) is 4.12. The Morgan fingerprint density at radius 2 is 1.45 bits per heavy atom. The number of hydrogen-bond acceptors (Lipinski definition) is 2. The van der Waals surface area contributed by atoms with Gasteiger partial charge >= 0.3 is 5.97 Å². The zero-order valence-electron chi connectivity index (χ0n) is 11.5. The number of carbonyl (C=O) groups is 1. The molecule has 2 rings (SSSR count). The molecule has 0 aromatic heterocycles. The summed E-state index contributed by atoms with van der Waals surface area (Å²) in [6.07, 6.45) is 1.71. The fraction of sp³-hybridized carbons (Fsp3) is 0.235. The zero-order valence-corrected chi connectivity index (χ0v) is 11.5. The van der Waals surface area contributed by atoms with Crippen LogP contribution < -0.4 is 4.74 Å². The third-order valence-corrected chi connectivity index (χ3v) is 3.12. The first-order valence-corrected chi connectivity index (χ1v) is 6.75. The van der Waals surface area contributed by atoms with Crippen LogP contribution in [0.2, 0.25) is 0 Å². The molecular formula is C17H18O3. The van der Waals surface area contributed by atoms with E-state index in [-0.39, 0.29) is 6.42 Å². The van der Waals surface area contributed by atoms with Crippen molar-refractivity contribution in [1.29, 1.82) is 0 Å². The first kappa shape index (κ1) is 14.1. The highest BCUT2D eigenvalue weighted by molar-refractivity contribution is 5.67. The summed E-state index contributed by atoms with van der Waals surface area (Å²) >= 11 is 0. The maximum absolute atomic E-state index is 10.5. The highest BCUT2D eigenvalue weighted by Gasteiger charge is 2.01. The highest BCUT2D eigenvalue weighted by Crippen LogP contribution is 2.22. The van der Waals surface area contributed by atoms with Gasteiger partial charge in [0.25, 0.3) is 0 Å². The maximum atomic E-state index is 10.5. The van der Waals surface area contributed by atoms with E-state index in [2.05, 4.69) is 19.1 Å². The Balaban J connectivity index is 1.97. The Morgan fingerprint density at radius 1 is 0.950 bits per heavy atom. The number of hydrogen-bond donors (Lipinski definition) is 1. The number of aryl methyl sites for hydroxylation is 2. The minimum atomic E-state index is -0.777. The van der Waals surface area contributed by atoms with Gasteiger partial charge in [-0.05, 0) is 48.2 Å². The van der Waals surface area contributed by atoms with Gasteiger partial charge < -0.3 is 9.84 Å². The molecule has 3 nitrogen and oxygen atoms in total. The summed E-state index contributed by atoms with van der Waals surface area (Å²) in [5.74, 6) is 0.787. The molecule has 104 valence electrons. The highest BCUT2D eigenvalue weighted by atomic mass is 16.5. The van der Waals surface area contributed by atoms with Crippen LogP contribution in [0.1, 0.15) is 24.5 Å². The van der Waals surface area contributed by atoms with Crippen LogP contribution in [-0.4, -0.2) is 11.1 Å². The Labute approximate surface area is 118 Å². The van der Waals surface area contributed by atoms with E-state index in [0.717, 1.165) is 23.5 Å². The van der Waals surface area contributed by atoms with E-state index in [0.29, 0.717) is 6.42 Å². The lowest BCUT2D eigenvalue weighted by Gasteiger charge is -2.07. The summed E-state index contributed by atoms with van der Waals surface area (Å²) in [5, 5.41) is 8.64. The average molecular weight is 270 g/mol. The van der Waals surface area contributed by atoms with E-state index in [1.165, 1.54) is 5.56 Å². The van der Waals surface area contributed by atoms with Gasteiger partial charge in [0.15, 0.2) is 0 Å². The predicted octanol–water partition coefficient (Wildman–Crippen LogP) is 4.06. The van der Waals surface area contributed by atoms with Crippen LogP contribution in [0.25, 0.3) is 0 Å². The molecule has 3 heteroatoms. The van der Waals surface area contributed by atoms with Gasteiger partial charge in [0.1, 0.15) is 11.5 Å². The first-order valence-electron chi connectivity index (χ1n) is 6.75. The van der Waals surface area contributed by atoms with Crippen molar-refractivity contribution in [1.82, 2.24) is 0 Å². The molecule has 0 unspecified atom stereocenters. The molecule has 0 bridgehead atoms. The van der Waals surface area contributed by atoms with Gasteiger partial charge in [-0.3, -0.25) is 4.79 Å². The number of carboxylic acid groups (broad SMARTS) is 1. The number of rotatable bonds is 6. The van der Waals surface area contributed by atoms with Crippen molar-refractivity contribution in [3.63, 3.8) is 0 Å². The molecule has 0 saturated heterocycles. The van der Waals surface area contributed by atoms with Crippen LogP contribution in [0, 0.1) is 0 Å². The topological polar surface area (TPSA) is 46.5 Å². The molecule has 0 atom stereocenters. The smallest absolute Gasteiger partial charge is 0.303 e. The van der Waals surface area contributed by atoms with Crippen LogP contribution >= 0.6 is 0 Å². The Morgan fingerprint density at radius 3 is 1.90 bits per heavy atom. The predicted molar refractivity (Wildman–Crippen MR) is 78.3 cm³/mol. The fourth-order valence-corrected chi connectivity index (χ4v) is 1.90. The van der Waals surface area contributed by atoms with E-state index < -0.39 is 5.97 Å². The van der Waals surface area contributed by atoms with Crippen molar-refractivity contribution in [3.8, 4) is 11.5 Å².